The SMILES string of the molecule is C=CCOC(=O)Nc1cc(C)c(OC)cc1C(=O)N1CCC(c2cn(C)c(=O)n(C)c2=O)=C[C@H]1CO. The van der Waals surface area contributed by atoms with Crippen LogP contribution in [-0.4, -0.2) is 64.1 Å². The number of hydrogen-bond acceptors (Lipinski definition) is 7. The van der Waals surface area contributed by atoms with Crippen LogP contribution in [0.15, 0.2) is 46.6 Å². The quantitative estimate of drug-likeness (QED) is 0.552. The van der Waals surface area contributed by atoms with Crippen LogP contribution in [0.25, 0.3) is 5.57 Å². The van der Waals surface area contributed by atoms with Crippen LogP contribution < -0.4 is 21.3 Å². The number of benzene rings is 1. The molecule has 1 aliphatic heterocycles. The number of aromatic nitrogens is 2. The minimum absolute atomic E-state index is 0.00107. The third-order valence-corrected chi connectivity index (χ3v) is 5.99. The van der Waals surface area contributed by atoms with Crippen molar-refractivity contribution in [1.82, 2.24) is 14.0 Å². The van der Waals surface area contributed by atoms with Crippen molar-refractivity contribution in [2.45, 2.75) is 19.4 Å². The highest BCUT2D eigenvalue weighted by Gasteiger charge is 2.30. The van der Waals surface area contributed by atoms with Crippen molar-refractivity contribution in [2.75, 3.05) is 32.2 Å². The van der Waals surface area contributed by atoms with Gasteiger partial charge >= 0.3 is 11.8 Å². The highest BCUT2D eigenvalue weighted by molar-refractivity contribution is 6.03. The summed E-state index contributed by atoms with van der Waals surface area (Å²) in [7, 11) is 4.42. The molecule has 0 bridgehead atoms. The maximum absolute atomic E-state index is 13.6. The molecule has 1 aliphatic rings. The largest absolute Gasteiger partial charge is 0.496 e. The van der Waals surface area contributed by atoms with Gasteiger partial charge in [-0.1, -0.05) is 18.7 Å². The van der Waals surface area contributed by atoms with E-state index in [1.807, 2.05) is 0 Å². The first kappa shape index (κ1) is 26.5. The number of amides is 2. The van der Waals surface area contributed by atoms with Crippen molar-refractivity contribution in [3.8, 4) is 5.75 Å². The normalized spacial score (nSPS) is 15.2. The summed E-state index contributed by atoms with van der Waals surface area (Å²) in [5, 5.41) is 12.7. The molecule has 2 N–H and O–H groups in total. The van der Waals surface area contributed by atoms with Gasteiger partial charge in [-0.2, -0.15) is 0 Å². The number of anilines is 1. The van der Waals surface area contributed by atoms with Crippen LogP contribution in [0.5, 0.6) is 5.75 Å². The number of nitrogens with zero attached hydrogens (tertiary/aromatic N) is 3. The molecule has 2 aromatic rings. The van der Waals surface area contributed by atoms with E-state index in [1.54, 1.807) is 26.1 Å². The highest BCUT2D eigenvalue weighted by Crippen LogP contribution is 2.31. The summed E-state index contributed by atoms with van der Waals surface area (Å²) in [4.78, 5) is 52.0. The van der Waals surface area contributed by atoms with Crippen molar-refractivity contribution >= 4 is 23.3 Å². The molecule has 11 nitrogen and oxygen atoms in total. The van der Waals surface area contributed by atoms with Crippen LogP contribution in [0.2, 0.25) is 0 Å². The molecule has 0 radical (unpaired) electrons. The van der Waals surface area contributed by atoms with E-state index >= 15 is 0 Å². The van der Waals surface area contributed by atoms with Crippen LogP contribution in [0.4, 0.5) is 10.5 Å². The fourth-order valence-electron chi connectivity index (χ4n) is 4.09. The molecule has 0 saturated carbocycles. The monoisotopic (exact) mass is 498 g/mol. The van der Waals surface area contributed by atoms with Gasteiger partial charge in [-0.25, -0.2) is 9.59 Å². The molecule has 36 heavy (non-hydrogen) atoms. The average Bonchev–Trinajstić information content (AvgIpc) is 2.87. The number of carbonyl (C=O) groups is 2. The molecule has 0 spiro atoms. The molecule has 0 fully saturated rings. The van der Waals surface area contributed by atoms with Gasteiger partial charge in [0.1, 0.15) is 12.4 Å². The predicted octanol–water partition coefficient (Wildman–Crippen LogP) is 1.43. The van der Waals surface area contributed by atoms with E-state index in [-0.39, 0.29) is 24.4 Å². The summed E-state index contributed by atoms with van der Waals surface area (Å²) in [5.74, 6) is 0.000817. The van der Waals surface area contributed by atoms with Crippen LogP contribution in [0.3, 0.4) is 0 Å². The second kappa shape index (κ2) is 11.1. The molecular weight excluding hydrogens is 468 g/mol. The molecule has 2 amide bonds. The van der Waals surface area contributed by atoms with E-state index in [4.69, 9.17) is 9.47 Å². The van der Waals surface area contributed by atoms with Gasteiger partial charge in [0.25, 0.3) is 11.5 Å². The van der Waals surface area contributed by atoms with Gasteiger partial charge in [-0.3, -0.25) is 19.5 Å². The first-order valence-electron chi connectivity index (χ1n) is 11.3. The van der Waals surface area contributed by atoms with Crippen LogP contribution in [0, 0.1) is 6.92 Å². The fourth-order valence-corrected chi connectivity index (χ4v) is 4.09. The predicted molar refractivity (Wildman–Crippen MR) is 134 cm³/mol. The maximum atomic E-state index is 13.6. The Kier molecular flexibility index (Phi) is 8.15. The summed E-state index contributed by atoms with van der Waals surface area (Å²) in [6, 6.07) is 2.39. The Bertz CT molecular complexity index is 1340. The number of nitrogens with one attached hydrogen (secondary N) is 1. The number of aliphatic hydroxyl groups is 1. The smallest absolute Gasteiger partial charge is 0.411 e. The summed E-state index contributed by atoms with van der Waals surface area (Å²) < 4.78 is 12.7. The molecule has 1 aromatic heterocycles. The van der Waals surface area contributed by atoms with E-state index < -0.39 is 35.9 Å². The molecule has 0 unspecified atom stereocenters. The molecule has 0 saturated heterocycles. The van der Waals surface area contributed by atoms with E-state index in [0.29, 0.717) is 28.9 Å². The van der Waals surface area contributed by atoms with E-state index in [9.17, 15) is 24.3 Å². The zero-order valence-electron chi connectivity index (χ0n) is 20.7. The summed E-state index contributed by atoms with van der Waals surface area (Å²) in [6.07, 6.45) is 4.11. The topological polar surface area (TPSA) is 132 Å². The lowest BCUT2D eigenvalue weighted by atomic mass is 9.96. The Morgan fingerprint density at radius 1 is 1.28 bits per heavy atom. The number of carbonyl (C=O) groups excluding carboxylic acids is 2. The Hall–Kier alpha value is -4.12. The lowest BCUT2D eigenvalue weighted by molar-refractivity contribution is 0.0648. The average molecular weight is 499 g/mol. The van der Waals surface area contributed by atoms with Crippen molar-refractivity contribution in [1.29, 1.82) is 0 Å². The zero-order chi connectivity index (χ0) is 26.6. The Morgan fingerprint density at radius 3 is 2.64 bits per heavy atom. The second-order valence-electron chi connectivity index (χ2n) is 8.37. The number of aryl methyl sites for hydroxylation is 2. The van der Waals surface area contributed by atoms with Crippen LogP contribution >= 0.6 is 0 Å². The Morgan fingerprint density at radius 2 is 2.00 bits per heavy atom. The summed E-state index contributed by atoms with van der Waals surface area (Å²) in [6.45, 7) is 5.07. The van der Waals surface area contributed by atoms with Crippen molar-refractivity contribution in [2.24, 2.45) is 14.1 Å². The standard InChI is InChI=1S/C25H30N4O7/c1-6-9-36-24(33)26-20-10-15(2)21(35-5)12-18(20)23(32)29-8-7-16(11-17(29)14-30)19-13-27(3)25(34)28(4)22(19)31/h6,10-13,17,30H,1,7-9,14H2,2-5H3,(H,26,33)/t17-/m0/s1. The zero-order valence-corrected chi connectivity index (χ0v) is 20.7. The second-order valence-corrected chi connectivity index (χ2v) is 8.37. The number of methoxy groups -OCH3 is 1. The number of rotatable bonds is 7. The maximum Gasteiger partial charge on any atom is 0.411 e. The van der Waals surface area contributed by atoms with Crippen molar-refractivity contribution in [3.05, 3.63) is 74.6 Å². The van der Waals surface area contributed by atoms with E-state index in [0.717, 1.165) is 4.57 Å². The van der Waals surface area contributed by atoms with E-state index in [2.05, 4.69) is 11.9 Å². The van der Waals surface area contributed by atoms with Gasteiger partial charge in [0.05, 0.1) is 36.6 Å². The molecule has 0 aliphatic carbocycles. The lowest BCUT2D eigenvalue weighted by Gasteiger charge is -2.34. The molecule has 3 rings (SSSR count). The van der Waals surface area contributed by atoms with Gasteiger partial charge in [0.2, 0.25) is 0 Å². The summed E-state index contributed by atoms with van der Waals surface area (Å²) >= 11 is 0. The Labute approximate surface area is 207 Å². The minimum atomic E-state index is -0.751. The van der Waals surface area contributed by atoms with Gasteiger partial charge in [-0.05, 0) is 36.6 Å². The lowest BCUT2D eigenvalue weighted by Crippen LogP contribution is -2.45. The molecule has 2 heterocycles. The summed E-state index contributed by atoms with van der Waals surface area (Å²) in [5.41, 5.74) is 1.13. The fraction of sp³-hybridized carbons (Fsp3) is 0.360. The molecule has 1 aromatic carbocycles. The number of hydrogen-bond donors (Lipinski definition) is 2. The van der Waals surface area contributed by atoms with Crippen molar-refractivity contribution < 1.29 is 24.2 Å². The third-order valence-electron chi connectivity index (χ3n) is 5.99. The van der Waals surface area contributed by atoms with Crippen molar-refractivity contribution in [3.63, 3.8) is 0 Å². The highest BCUT2D eigenvalue weighted by atomic mass is 16.5. The van der Waals surface area contributed by atoms with Gasteiger partial charge in [0, 0.05) is 26.8 Å². The molecule has 1 atom stereocenters. The van der Waals surface area contributed by atoms with Gasteiger partial charge in [0.15, 0.2) is 0 Å². The van der Waals surface area contributed by atoms with Gasteiger partial charge < -0.3 is 24.0 Å². The molecule has 11 heteroatoms. The molecular formula is C25H30N4O7. The third kappa shape index (κ3) is 5.25. The number of ether oxygens (including phenoxy) is 2. The van der Waals surface area contributed by atoms with Gasteiger partial charge in [-0.15, -0.1) is 0 Å². The Balaban J connectivity index is 1.99. The number of aliphatic hydroxyl groups excluding tert-OH is 1. The minimum Gasteiger partial charge on any atom is -0.496 e. The first-order chi connectivity index (χ1) is 17.1. The van der Waals surface area contributed by atoms with Crippen LogP contribution in [-0.2, 0) is 18.8 Å². The van der Waals surface area contributed by atoms with E-state index in [1.165, 1.54) is 42.0 Å². The van der Waals surface area contributed by atoms with Crippen LogP contribution in [0.1, 0.15) is 27.9 Å². The first-order valence-corrected chi connectivity index (χ1v) is 11.3. The molecule has 192 valence electrons.